The number of nitriles is 2. The van der Waals surface area contributed by atoms with Gasteiger partial charge in [0, 0.05) is 21.3 Å². The number of thioether (sulfide) groups is 2. The minimum Gasteiger partial charge on any atom is -0.192 e. The van der Waals surface area contributed by atoms with Crippen LogP contribution in [0, 0.1) is 22.7 Å². The molecule has 1 aromatic carbocycles. The molecule has 0 amide bonds. The van der Waals surface area contributed by atoms with E-state index in [-0.39, 0.29) is 0 Å². The molecular formula is C14H12N2S2. The van der Waals surface area contributed by atoms with E-state index in [9.17, 15) is 10.5 Å². The Morgan fingerprint density at radius 3 is 1.61 bits per heavy atom. The van der Waals surface area contributed by atoms with Gasteiger partial charge in [0.25, 0.3) is 0 Å². The van der Waals surface area contributed by atoms with Crippen LogP contribution in [0.4, 0.5) is 0 Å². The van der Waals surface area contributed by atoms with Crippen LogP contribution < -0.4 is 0 Å². The molecule has 1 rings (SSSR count). The highest BCUT2D eigenvalue weighted by Crippen LogP contribution is 2.32. The molecule has 0 radical (unpaired) electrons. The molecule has 0 N–H and O–H groups in total. The third-order valence-electron chi connectivity index (χ3n) is 2.07. The summed E-state index contributed by atoms with van der Waals surface area (Å²) in [5.41, 5.74) is 0.914. The second-order valence-corrected chi connectivity index (χ2v) is 5.36. The zero-order valence-electron chi connectivity index (χ0n) is 9.85. The highest BCUT2D eigenvalue weighted by molar-refractivity contribution is 8.00. The van der Waals surface area contributed by atoms with Crippen LogP contribution in [0.2, 0.25) is 0 Å². The van der Waals surface area contributed by atoms with Gasteiger partial charge in [-0.05, 0) is 12.1 Å². The summed E-state index contributed by atoms with van der Waals surface area (Å²) >= 11 is 3.03. The van der Waals surface area contributed by atoms with E-state index in [0.717, 1.165) is 21.3 Å². The summed E-state index contributed by atoms with van der Waals surface area (Å²) in [6, 6.07) is 8.02. The molecule has 1 aromatic rings. The number of benzene rings is 1. The monoisotopic (exact) mass is 272 g/mol. The van der Waals surface area contributed by atoms with Crippen LogP contribution in [0.3, 0.4) is 0 Å². The second kappa shape index (κ2) is 7.66. The lowest BCUT2D eigenvalue weighted by molar-refractivity contribution is 1.25. The average Bonchev–Trinajstić information content (AvgIpc) is 2.42. The van der Waals surface area contributed by atoms with Crippen molar-refractivity contribution in [2.45, 2.75) is 9.79 Å². The predicted molar refractivity (Wildman–Crippen MR) is 77.7 cm³/mol. The molecule has 0 unspecified atom stereocenters. The Morgan fingerprint density at radius 1 is 0.944 bits per heavy atom. The highest BCUT2D eigenvalue weighted by Gasteiger charge is 2.13. The second-order valence-electron chi connectivity index (χ2n) is 3.23. The van der Waals surface area contributed by atoms with E-state index in [2.05, 4.69) is 25.3 Å². The molecule has 0 aliphatic heterocycles. The van der Waals surface area contributed by atoms with E-state index >= 15 is 0 Å². The van der Waals surface area contributed by atoms with Gasteiger partial charge in [-0.1, -0.05) is 12.2 Å². The molecule has 0 saturated heterocycles. The summed E-state index contributed by atoms with van der Waals surface area (Å²) in [7, 11) is 0. The summed E-state index contributed by atoms with van der Waals surface area (Å²) in [6.45, 7) is 7.30. The molecule has 0 fully saturated rings. The number of nitrogens with zero attached hydrogens (tertiary/aromatic N) is 2. The van der Waals surface area contributed by atoms with Crippen LogP contribution in [0.5, 0.6) is 0 Å². The maximum absolute atomic E-state index is 9.21. The molecule has 4 heteroatoms. The van der Waals surface area contributed by atoms with Crippen LogP contribution in [0.25, 0.3) is 0 Å². The van der Waals surface area contributed by atoms with Crippen molar-refractivity contribution < 1.29 is 0 Å². The van der Waals surface area contributed by atoms with E-state index in [1.165, 1.54) is 23.5 Å². The van der Waals surface area contributed by atoms with Gasteiger partial charge in [-0.2, -0.15) is 10.5 Å². The van der Waals surface area contributed by atoms with Gasteiger partial charge in [-0.15, -0.1) is 36.7 Å². The minimum absolute atomic E-state index is 0.457. The predicted octanol–water partition coefficient (Wildman–Crippen LogP) is 3.99. The maximum Gasteiger partial charge on any atom is 0.102 e. The van der Waals surface area contributed by atoms with Gasteiger partial charge in [0.05, 0.1) is 11.1 Å². The van der Waals surface area contributed by atoms with Crippen LogP contribution in [0.15, 0.2) is 47.2 Å². The molecule has 2 nitrogen and oxygen atoms in total. The van der Waals surface area contributed by atoms with Crippen LogP contribution in [-0.2, 0) is 0 Å². The first-order valence-electron chi connectivity index (χ1n) is 5.23. The Balaban J connectivity index is 3.20. The van der Waals surface area contributed by atoms with Crippen molar-refractivity contribution in [2.24, 2.45) is 0 Å². The largest absolute Gasteiger partial charge is 0.192 e. The van der Waals surface area contributed by atoms with Gasteiger partial charge in [-0.3, -0.25) is 0 Å². The first kappa shape index (κ1) is 14.4. The first-order chi connectivity index (χ1) is 8.78. The number of hydrogen-bond donors (Lipinski definition) is 0. The Bertz CT molecular complexity index is 487. The molecule has 0 bridgehead atoms. The molecule has 0 aromatic heterocycles. The minimum atomic E-state index is 0.457. The van der Waals surface area contributed by atoms with Crippen molar-refractivity contribution >= 4 is 23.5 Å². The van der Waals surface area contributed by atoms with E-state index in [1.54, 1.807) is 12.2 Å². The van der Waals surface area contributed by atoms with Crippen LogP contribution in [-0.4, -0.2) is 11.5 Å². The fourth-order valence-corrected chi connectivity index (χ4v) is 2.83. The quantitative estimate of drug-likeness (QED) is 0.580. The van der Waals surface area contributed by atoms with Gasteiger partial charge in [0.1, 0.15) is 12.1 Å². The van der Waals surface area contributed by atoms with E-state index in [4.69, 9.17) is 0 Å². The molecular weight excluding hydrogens is 260 g/mol. The van der Waals surface area contributed by atoms with Crippen LogP contribution in [0.1, 0.15) is 11.1 Å². The summed E-state index contributed by atoms with van der Waals surface area (Å²) in [5.74, 6) is 1.44. The average molecular weight is 272 g/mol. The van der Waals surface area contributed by atoms with Crippen molar-refractivity contribution in [1.29, 1.82) is 10.5 Å². The van der Waals surface area contributed by atoms with Gasteiger partial charge < -0.3 is 0 Å². The molecule has 0 heterocycles. The van der Waals surface area contributed by atoms with E-state index in [0.29, 0.717) is 11.1 Å². The van der Waals surface area contributed by atoms with Gasteiger partial charge >= 0.3 is 0 Å². The Labute approximate surface area is 116 Å². The fraction of sp³-hybridized carbons (Fsp3) is 0.143. The Morgan fingerprint density at radius 2 is 1.33 bits per heavy atom. The van der Waals surface area contributed by atoms with Gasteiger partial charge in [0.15, 0.2) is 0 Å². The van der Waals surface area contributed by atoms with Crippen molar-refractivity contribution in [3.05, 3.63) is 48.6 Å². The van der Waals surface area contributed by atoms with Crippen molar-refractivity contribution in [3.8, 4) is 12.1 Å². The number of hydrogen-bond acceptors (Lipinski definition) is 4. The smallest absolute Gasteiger partial charge is 0.102 e. The highest BCUT2D eigenvalue weighted by atomic mass is 32.2. The van der Waals surface area contributed by atoms with Crippen molar-refractivity contribution in [2.75, 3.05) is 11.5 Å². The Kier molecular flexibility index (Phi) is 6.14. The summed E-state index contributed by atoms with van der Waals surface area (Å²) in [6.07, 6.45) is 3.55. The lowest BCUT2D eigenvalue weighted by Crippen LogP contribution is -1.92. The van der Waals surface area contributed by atoms with E-state index < -0.39 is 0 Å². The summed E-state index contributed by atoms with van der Waals surface area (Å²) < 4.78 is 0. The van der Waals surface area contributed by atoms with Crippen molar-refractivity contribution in [3.63, 3.8) is 0 Å². The molecule has 90 valence electrons. The fourth-order valence-electron chi connectivity index (χ4n) is 1.32. The lowest BCUT2D eigenvalue weighted by Gasteiger charge is -2.08. The molecule has 0 atom stereocenters. The SMILES string of the molecule is C=CCSc1ccc(SCC=C)c(C#N)c1C#N. The summed E-state index contributed by atoms with van der Waals surface area (Å²) in [5, 5.41) is 18.4. The van der Waals surface area contributed by atoms with Crippen LogP contribution >= 0.6 is 23.5 Å². The zero-order chi connectivity index (χ0) is 13.4. The van der Waals surface area contributed by atoms with Crippen molar-refractivity contribution in [1.82, 2.24) is 0 Å². The third-order valence-corrected chi connectivity index (χ3v) is 4.17. The lowest BCUT2D eigenvalue weighted by atomic mass is 10.1. The normalized spacial score (nSPS) is 9.22. The first-order valence-corrected chi connectivity index (χ1v) is 7.20. The molecule has 18 heavy (non-hydrogen) atoms. The molecule has 0 saturated carbocycles. The zero-order valence-corrected chi connectivity index (χ0v) is 11.5. The molecule has 0 aliphatic carbocycles. The maximum atomic E-state index is 9.21. The number of rotatable bonds is 6. The third kappa shape index (κ3) is 3.43. The Hall–Kier alpha value is -1.62. The van der Waals surface area contributed by atoms with E-state index in [1.807, 2.05) is 12.1 Å². The molecule has 0 spiro atoms. The molecule has 0 aliphatic rings. The summed E-state index contributed by atoms with van der Waals surface area (Å²) in [4.78, 5) is 1.66. The standard InChI is InChI=1S/C14H12N2S2/c1-3-7-17-13-5-6-14(18-8-4-2)12(10-16)11(13)9-15/h3-6H,1-2,7-8H2. The van der Waals surface area contributed by atoms with Gasteiger partial charge in [0.2, 0.25) is 0 Å². The van der Waals surface area contributed by atoms with Gasteiger partial charge in [-0.25, -0.2) is 0 Å². The topological polar surface area (TPSA) is 47.6 Å².